The van der Waals surface area contributed by atoms with Gasteiger partial charge >= 0.3 is 0 Å². The first kappa shape index (κ1) is 15.1. The van der Waals surface area contributed by atoms with Gasteiger partial charge in [0.15, 0.2) is 5.11 Å². The summed E-state index contributed by atoms with van der Waals surface area (Å²) in [7, 11) is 0. The van der Waals surface area contributed by atoms with Crippen molar-refractivity contribution >= 4 is 35.2 Å². The number of carbonyl (C=O) groups excluding carboxylic acids is 2. The Balaban J connectivity index is 2.21. The van der Waals surface area contributed by atoms with Crippen molar-refractivity contribution in [2.75, 3.05) is 6.54 Å². The van der Waals surface area contributed by atoms with Crippen LogP contribution in [0.4, 0.5) is 4.39 Å². The molecule has 1 N–H and O–H groups in total. The molecule has 0 spiro atoms. The third kappa shape index (κ3) is 3.41. The molecule has 1 heterocycles. The number of rotatable bonds is 3. The average Bonchev–Trinajstić information content (AvgIpc) is 2.43. The van der Waals surface area contributed by atoms with Crippen LogP contribution in [-0.2, 0) is 9.59 Å². The predicted octanol–water partition coefficient (Wildman–Crippen LogP) is 2.03. The zero-order chi connectivity index (χ0) is 15.4. The summed E-state index contributed by atoms with van der Waals surface area (Å²) in [6.45, 7) is 2.14. The normalized spacial score (nSPS) is 17.7. The summed E-state index contributed by atoms with van der Waals surface area (Å²) in [5.41, 5.74) is 0.636. The van der Waals surface area contributed by atoms with Crippen molar-refractivity contribution in [1.82, 2.24) is 10.2 Å². The van der Waals surface area contributed by atoms with E-state index in [9.17, 15) is 14.0 Å². The Hall–Kier alpha value is -2.34. The molecule has 1 aromatic carbocycles. The van der Waals surface area contributed by atoms with Crippen LogP contribution in [0, 0.1) is 5.82 Å². The smallest absolute Gasteiger partial charge is 0.265 e. The maximum atomic E-state index is 13.0. The molecule has 0 aliphatic carbocycles. The molecule has 2 rings (SSSR count). The van der Waals surface area contributed by atoms with Crippen molar-refractivity contribution in [3.05, 3.63) is 53.4 Å². The number of amides is 2. The molecule has 1 aliphatic heterocycles. The average molecular weight is 304 g/mol. The lowest BCUT2D eigenvalue weighted by Crippen LogP contribution is -2.53. The lowest BCUT2D eigenvalue weighted by atomic mass is 10.1. The molecular formula is C15H13FN2O2S. The standard InChI is InChI=1S/C15H13FN2O2S/c1-2-18-14(20)12(13(19)17-15(18)21)8-4-6-10-5-3-7-11(16)9-10/h3-9H,2H2,1H3,(H,17,19,21)/b6-4+,12-8+. The van der Waals surface area contributed by atoms with Gasteiger partial charge in [-0.05, 0) is 42.9 Å². The quantitative estimate of drug-likeness (QED) is 0.528. The Morgan fingerprint density at radius 1 is 1.38 bits per heavy atom. The number of likely N-dealkylation sites (N-methyl/N-ethyl adjacent to an activating group) is 1. The molecule has 1 saturated heterocycles. The molecule has 1 fully saturated rings. The molecule has 0 aromatic heterocycles. The Labute approximate surface area is 126 Å². The second kappa shape index (κ2) is 6.41. The van der Waals surface area contributed by atoms with E-state index in [2.05, 4.69) is 5.32 Å². The van der Waals surface area contributed by atoms with Gasteiger partial charge in [-0.2, -0.15) is 0 Å². The Morgan fingerprint density at radius 2 is 2.14 bits per heavy atom. The highest BCUT2D eigenvalue weighted by Crippen LogP contribution is 2.11. The minimum absolute atomic E-state index is 0.00176. The van der Waals surface area contributed by atoms with Crippen LogP contribution < -0.4 is 5.32 Å². The van der Waals surface area contributed by atoms with Crippen LogP contribution in [0.5, 0.6) is 0 Å². The van der Waals surface area contributed by atoms with Gasteiger partial charge in [0.1, 0.15) is 11.4 Å². The number of nitrogens with one attached hydrogen (secondary N) is 1. The molecule has 0 atom stereocenters. The van der Waals surface area contributed by atoms with Gasteiger partial charge < -0.3 is 0 Å². The molecule has 21 heavy (non-hydrogen) atoms. The zero-order valence-corrected chi connectivity index (χ0v) is 12.1. The van der Waals surface area contributed by atoms with Crippen molar-refractivity contribution < 1.29 is 14.0 Å². The van der Waals surface area contributed by atoms with Crippen LogP contribution in [0.1, 0.15) is 12.5 Å². The number of carbonyl (C=O) groups is 2. The zero-order valence-electron chi connectivity index (χ0n) is 11.3. The van der Waals surface area contributed by atoms with Gasteiger partial charge in [-0.1, -0.05) is 24.3 Å². The minimum Gasteiger partial charge on any atom is -0.298 e. The van der Waals surface area contributed by atoms with Gasteiger partial charge in [-0.15, -0.1) is 0 Å². The fourth-order valence-electron chi connectivity index (χ4n) is 1.87. The highest BCUT2D eigenvalue weighted by atomic mass is 32.1. The summed E-state index contributed by atoms with van der Waals surface area (Å²) in [6, 6.07) is 5.99. The highest BCUT2D eigenvalue weighted by molar-refractivity contribution is 7.80. The van der Waals surface area contributed by atoms with Crippen LogP contribution in [0.25, 0.3) is 6.08 Å². The largest absolute Gasteiger partial charge is 0.298 e. The minimum atomic E-state index is -0.529. The monoisotopic (exact) mass is 304 g/mol. The fraction of sp³-hybridized carbons (Fsp3) is 0.133. The van der Waals surface area contributed by atoms with E-state index >= 15 is 0 Å². The van der Waals surface area contributed by atoms with Crippen molar-refractivity contribution in [2.24, 2.45) is 0 Å². The highest BCUT2D eigenvalue weighted by Gasteiger charge is 2.31. The molecule has 0 bridgehead atoms. The molecule has 0 saturated carbocycles. The van der Waals surface area contributed by atoms with Gasteiger partial charge in [0.25, 0.3) is 11.8 Å². The van der Waals surface area contributed by atoms with Crippen LogP contribution in [0.2, 0.25) is 0 Å². The van der Waals surface area contributed by atoms with Gasteiger partial charge in [0.05, 0.1) is 0 Å². The van der Waals surface area contributed by atoms with Crippen molar-refractivity contribution in [3.63, 3.8) is 0 Å². The second-order valence-electron chi connectivity index (χ2n) is 4.30. The number of hydrogen-bond donors (Lipinski definition) is 1. The molecule has 1 aromatic rings. The first-order chi connectivity index (χ1) is 10.0. The van der Waals surface area contributed by atoms with Crippen molar-refractivity contribution in [3.8, 4) is 0 Å². The molecule has 0 unspecified atom stereocenters. The third-order valence-electron chi connectivity index (χ3n) is 2.90. The first-order valence-electron chi connectivity index (χ1n) is 6.34. The van der Waals surface area contributed by atoms with Crippen LogP contribution in [0.15, 0.2) is 42.0 Å². The van der Waals surface area contributed by atoms with E-state index < -0.39 is 11.8 Å². The van der Waals surface area contributed by atoms with E-state index in [4.69, 9.17) is 12.2 Å². The lowest BCUT2D eigenvalue weighted by molar-refractivity contribution is -0.128. The Morgan fingerprint density at radius 3 is 2.81 bits per heavy atom. The van der Waals surface area contributed by atoms with E-state index in [1.165, 1.54) is 29.2 Å². The summed E-state index contributed by atoms with van der Waals surface area (Å²) < 4.78 is 13.0. The van der Waals surface area contributed by atoms with Gasteiger partial charge in [0.2, 0.25) is 0 Å². The number of benzene rings is 1. The maximum Gasteiger partial charge on any atom is 0.265 e. The van der Waals surface area contributed by atoms with E-state index in [1.54, 1.807) is 25.1 Å². The molecule has 4 nitrogen and oxygen atoms in total. The summed E-state index contributed by atoms with van der Waals surface area (Å²) in [5, 5.41) is 2.56. The fourth-order valence-corrected chi connectivity index (χ4v) is 2.17. The summed E-state index contributed by atoms with van der Waals surface area (Å²) in [6.07, 6.45) is 4.54. The number of thiocarbonyl (C=S) groups is 1. The van der Waals surface area contributed by atoms with Crippen molar-refractivity contribution in [1.29, 1.82) is 0 Å². The van der Waals surface area contributed by atoms with Crippen LogP contribution >= 0.6 is 12.2 Å². The van der Waals surface area contributed by atoms with Gasteiger partial charge in [0, 0.05) is 6.54 Å². The Bertz CT molecular complexity index is 667. The molecule has 0 radical (unpaired) electrons. The molecule has 2 amide bonds. The SMILES string of the molecule is CCN1C(=O)/C(=C/C=C/c2cccc(F)c2)C(=O)NC1=S. The van der Waals surface area contributed by atoms with E-state index in [-0.39, 0.29) is 16.5 Å². The van der Waals surface area contributed by atoms with E-state index in [1.807, 2.05) is 0 Å². The topological polar surface area (TPSA) is 49.4 Å². The third-order valence-corrected chi connectivity index (χ3v) is 3.22. The number of nitrogens with zero attached hydrogens (tertiary/aromatic N) is 1. The molecule has 1 aliphatic rings. The molecular weight excluding hydrogens is 291 g/mol. The second-order valence-corrected chi connectivity index (χ2v) is 4.69. The summed E-state index contributed by atoms with van der Waals surface area (Å²) >= 11 is 4.92. The number of hydrogen-bond acceptors (Lipinski definition) is 3. The van der Waals surface area contributed by atoms with E-state index in [0.717, 1.165) is 0 Å². The maximum absolute atomic E-state index is 13.0. The van der Waals surface area contributed by atoms with Crippen LogP contribution in [-0.4, -0.2) is 28.4 Å². The van der Waals surface area contributed by atoms with Crippen LogP contribution in [0.3, 0.4) is 0 Å². The van der Waals surface area contributed by atoms with Gasteiger partial charge in [-0.3, -0.25) is 19.8 Å². The van der Waals surface area contributed by atoms with Crippen molar-refractivity contribution in [2.45, 2.75) is 6.92 Å². The number of allylic oxidation sites excluding steroid dienone is 2. The lowest BCUT2D eigenvalue weighted by Gasteiger charge is -2.27. The number of halogens is 1. The summed E-state index contributed by atoms with van der Waals surface area (Å²) in [4.78, 5) is 25.2. The van der Waals surface area contributed by atoms with E-state index in [0.29, 0.717) is 12.1 Å². The molecule has 6 heteroatoms. The van der Waals surface area contributed by atoms with Gasteiger partial charge in [-0.25, -0.2) is 4.39 Å². The first-order valence-corrected chi connectivity index (χ1v) is 6.75. The summed E-state index contributed by atoms with van der Waals surface area (Å²) in [5.74, 6) is -1.31. The Kier molecular flexibility index (Phi) is 4.59. The predicted molar refractivity (Wildman–Crippen MR) is 81.6 cm³/mol. The molecule has 108 valence electrons.